The molecule has 0 aromatic heterocycles. The summed E-state index contributed by atoms with van der Waals surface area (Å²) >= 11 is 11.6. The maximum atomic E-state index is 11.6. The highest BCUT2D eigenvalue weighted by molar-refractivity contribution is 6.42. The van der Waals surface area contributed by atoms with Crippen LogP contribution in [0, 0.1) is 0 Å². The highest BCUT2D eigenvalue weighted by atomic mass is 35.5. The van der Waals surface area contributed by atoms with Crippen molar-refractivity contribution < 1.29 is 14.6 Å². The Morgan fingerprint density at radius 2 is 2.11 bits per heavy atom. The van der Waals surface area contributed by atoms with Crippen LogP contribution in [0.5, 0.6) is 5.75 Å². The average molecular weight is 292 g/mol. The molecule has 0 radical (unpaired) electrons. The summed E-state index contributed by atoms with van der Waals surface area (Å²) in [4.78, 5) is 13.1. The highest BCUT2D eigenvalue weighted by Crippen LogP contribution is 2.26. The second kappa shape index (κ2) is 7.46. The van der Waals surface area contributed by atoms with Gasteiger partial charge in [0.2, 0.25) is 0 Å². The summed E-state index contributed by atoms with van der Waals surface area (Å²) in [5, 5.41) is 9.49. The largest absolute Gasteiger partial charge is 0.484 e. The monoisotopic (exact) mass is 291 g/mol. The fraction of sp³-hybridized carbons (Fsp3) is 0.417. The maximum absolute atomic E-state index is 11.6. The van der Waals surface area contributed by atoms with E-state index in [1.54, 1.807) is 25.2 Å². The number of ether oxygens (including phenoxy) is 1. The van der Waals surface area contributed by atoms with E-state index in [1.165, 1.54) is 4.90 Å². The molecule has 1 aromatic rings. The first-order valence-corrected chi connectivity index (χ1v) is 6.23. The maximum Gasteiger partial charge on any atom is 0.260 e. The third-order valence-electron chi connectivity index (χ3n) is 2.33. The van der Waals surface area contributed by atoms with E-state index in [0.717, 1.165) is 0 Å². The molecular formula is C12H15Cl2NO3. The molecule has 0 aliphatic heterocycles. The number of aliphatic hydroxyl groups is 1. The number of hydrogen-bond acceptors (Lipinski definition) is 3. The van der Waals surface area contributed by atoms with Gasteiger partial charge in [-0.05, 0) is 18.6 Å². The van der Waals surface area contributed by atoms with Gasteiger partial charge in [-0.3, -0.25) is 4.79 Å². The van der Waals surface area contributed by atoms with Gasteiger partial charge in [-0.1, -0.05) is 23.2 Å². The summed E-state index contributed by atoms with van der Waals surface area (Å²) in [6.07, 6.45) is 0.551. The zero-order chi connectivity index (χ0) is 13.5. The van der Waals surface area contributed by atoms with Gasteiger partial charge < -0.3 is 14.7 Å². The average Bonchev–Trinajstić information content (AvgIpc) is 2.36. The second-order valence-corrected chi connectivity index (χ2v) is 4.57. The molecule has 0 fully saturated rings. The summed E-state index contributed by atoms with van der Waals surface area (Å²) in [5.41, 5.74) is 0. The Bertz CT molecular complexity index is 412. The van der Waals surface area contributed by atoms with E-state index in [-0.39, 0.29) is 19.1 Å². The predicted octanol–water partition coefficient (Wildman–Crippen LogP) is 2.21. The Kier molecular flexibility index (Phi) is 6.25. The molecule has 0 unspecified atom stereocenters. The van der Waals surface area contributed by atoms with E-state index < -0.39 is 0 Å². The number of rotatable bonds is 6. The third kappa shape index (κ3) is 4.72. The smallest absolute Gasteiger partial charge is 0.260 e. The van der Waals surface area contributed by atoms with Crippen molar-refractivity contribution in [3.05, 3.63) is 28.2 Å². The lowest BCUT2D eigenvalue weighted by atomic mass is 10.3. The van der Waals surface area contributed by atoms with E-state index in [4.69, 9.17) is 33.0 Å². The van der Waals surface area contributed by atoms with Crippen molar-refractivity contribution in [3.63, 3.8) is 0 Å². The topological polar surface area (TPSA) is 49.8 Å². The van der Waals surface area contributed by atoms with Crippen molar-refractivity contribution in [3.8, 4) is 5.75 Å². The molecule has 0 saturated heterocycles. The zero-order valence-corrected chi connectivity index (χ0v) is 11.5. The number of nitrogens with zero attached hydrogens (tertiary/aromatic N) is 1. The minimum Gasteiger partial charge on any atom is -0.484 e. The summed E-state index contributed by atoms with van der Waals surface area (Å²) in [5.74, 6) is 0.336. The number of carbonyl (C=O) groups is 1. The van der Waals surface area contributed by atoms with Crippen LogP contribution in [0.3, 0.4) is 0 Å². The van der Waals surface area contributed by atoms with Crippen molar-refractivity contribution in [2.45, 2.75) is 6.42 Å². The fourth-order valence-electron chi connectivity index (χ4n) is 1.25. The normalized spacial score (nSPS) is 10.2. The van der Waals surface area contributed by atoms with Crippen molar-refractivity contribution in [2.75, 3.05) is 26.8 Å². The number of halogens is 2. The van der Waals surface area contributed by atoms with Crippen LogP contribution < -0.4 is 4.74 Å². The lowest BCUT2D eigenvalue weighted by Gasteiger charge is -2.16. The molecule has 0 heterocycles. The molecule has 1 amide bonds. The molecule has 0 aliphatic carbocycles. The number of likely N-dealkylation sites (N-methyl/N-ethyl adjacent to an activating group) is 1. The number of amides is 1. The molecule has 4 nitrogen and oxygen atoms in total. The molecule has 1 N–H and O–H groups in total. The first-order valence-electron chi connectivity index (χ1n) is 5.47. The van der Waals surface area contributed by atoms with Crippen LogP contribution >= 0.6 is 23.2 Å². The van der Waals surface area contributed by atoms with Gasteiger partial charge in [-0.15, -0.1) is 0 Å². The van der Waals surface area contributed by atoms with Crippen LogP contribution in [-0.4, -0.2) is 42.7 Å². The molecule has 1 aromatic carbocycles. The number of hydrogen-bond donors (Lipinski definition) is 1. The number of carbonyl (C=O) groups excluding carboxylic acids is 1. The Hall–Kier alpha value is -0.970. The van der Waals surface area contributed by atoms with Gasteiger partial charge in [0.25, 0.3) is 5.91 Å². The number of benzene rings is 1. The first-order chi connectivity index (χ1) is 8.54. The molecule has 0 atom stereocenters. The minimum atomic E-state index is -0.158. The van der Waals surface area contributed by atoms with Gasteiger partial charge >= 0.3 is 0 Å². The summed E-state index contributed by atoms with van der Waals surface area (Å²) in [7, 11) is 1.66. The molecular weight excluding hydrogens is 277 g/mol. The van der Waals surface area contributed by atoms with Crippen LogP contribution in [0.15, 0.2) is 18.2 Å². The fourth-order valence-corrected chi connectivity index (χ4v) is 1.54. The Labute approximate surface area is 116 Å². The van der Waals surface area contributed by atoms with Crippen molar-refractivity contribution in [2.24, 2.45) is 0 Å². The standard InChI is InChI=1S/C12H15Cl2NO3/c1-15(5-2-6-16)12(17)8-18-9-3-4-10(13)11(14)7-9/h3-4,7,16H,2,5-6,8H2,1H3. The van der Waals surface area contributed by atoms with Gasteiger partial charge in [-0.25, -0.2) is 0 Å². The molecule has 6 heteroatoms. The SMILES string of the molecule is CN(CCCO)C(=O)COc1ccc(Cl)c(Cl)c1. The summed E-state index contributed by atoms with van der Waals surface area (Å²) in [6, 6.07) is 4.82. The molecule has 1 rings (SSSR count). The van der Waals surface area contributed by atoms with Crippen LogP contribution in [0.4, 0.5) is 0 Å². The molecule has 0 aliphatic rings. The van der Waals surface area contributed by atoms with E-state index in [9.17, 15) is 4.79 Å². The third-order valence-corrected chi connectivity index (χ3v) is 3.07. The molecule has 0 saturated carbocycles. The zero-order valence-electron chi connectivity index (χ0n) is 10.0. The second-order valence-electron chi connectivity index (χ2n) is 3.76. The van der Waals surface area contributed by atoms with E-state index in [1.807, 2.05) is 0 Å². The Balaban J connectivity index is 2.44. The van der Waals surface area contributed by atoms with E-state index >= 15 is 0 Å². The lowest BCUT2D eigenvalue weighted by molar-refractivity contribution is -0.132. The predicted molar refractivity (Wildman–Crippen MR) is 71.3 cm³/mol. The molecule has 100 valence electrons. The summed E-state index contributed by atoms with van der Waals surface area (Å²) < 4.78 is 5.31. The van der Waals surface area contributed by atoms with Gasteiger partial charge in [0.15, 0.2) is 6.61 Å². The van der Waals surface area contributed by atoms with Gasteiger partial charge in [0.05, 0.1) is 10.0 Å². The first kappa shape index (κ1) is 15.1. The quantitative estimate of drug-likeness (QED) is 0.874. The minimum absolute atomic E-state index is 0.0608. The Morgan fingerprint density at radius 3 is 2.72 bits per heavy atom. The van der Waals surface area contributed by atoms with E-state index in [2.05, 4.69) is 0 Å². The molecule has 0 bridgehead atoms. The van der Waals surface area contributed by atoms with Crippen molar-refractivity contribution in [1.29, 1.82) is 0 Å². The van der Waals surface area contributed by atoms with Gasteiger partial charge in [-0.2, -0.15) is 0 Å². The van der Waals surface area contributed by atoms with Gasteiger partial charge in [0, 0.05) is 26.3 Å². The van der Waals surface area contributed by atoms with E-state index in [0.29, 0.717) is 28.8 Å². The lowest BCUT2D eigenvalue weighted by Crippen LogP contribution is -2.32. The molecule has 18 heavy (non-hydrogen) atoms. The Morgan fingerprint density at radius 1 is 1.39 bits per heavy atom. The van der Waals surface area contributed by atoms with Crippen LogP contribution in [0.1, 0.15) is 6.42 Å². The van der Waals surface area contributed by atoms with Crippen LogP contribution in [0.25, 0.3) is 0 Å². The van der Waals surface area contributed by atoms with Crippen molar-refractivity contribution >= 4 is 29.1 Å². The molecule has 0 spiro atoms. The summed E-state index contributed by atoms with van der Waals surface area (Å²) in [6.45, 7) is 0.491. The van der Waals surface area contributed by atoms with Crippen LogP contribution in [0.2, 0.25) is 10.0 Å². The van der Waals surface area contributed by atoms with Crippen molar-refractivity contribution in [1.82, 2.24) is 4.90 Å². The highest BCUT2D eigenvalue weighted by Gasteiger charge is 2.09. The van der Waals surface area contributed by atoms with Gasteiger partial charge in [0.1, 0.15) is 5.75 Å². The number of aliphatic hydroxyl groups excluding tert-OH is 1. The van der Waals surface area contributed by atoms with Crippen LogP contribution in [-0.2, 0) is 4.79 Å².